The SMILES string of the molecule is CC1(O)CCCCC1.[H-].[Li+]. The van der Waals surface area contributed by atoms with Gasteiger partial charge in [-0.1, -0.05) is 19.3 Å². The molecule has 0 radical (unpaired) electrons. The minimum absolute atomic E-state index is 0. The van der Waals surface area contributed by atoms with Crippen LogP contribution in [0.25, 0.3) is 0 Å². The molecule has 0 aliphatic heterocycles. The van der Waals surface area contributed by atoms with Gasteiger partial charge in [0.05, 0.1) is 5.60 Å². The molecule has 0 aromatic heterocycles. The second-order valence-corrected chi connectivity index (χ2v) is 3.06. The molecule has 0 amide bonds. The van der Waals surface area contributed by atoms with Crippen molar-refractivity contribution >= 4 is 0 Å². The van der Waals surface area contributed by atoms with Gasteiger partial charge >= 0.3 is 18.9 Å². The van der Waals surface area contributed by atoms with E-state index < -0.39 is 0 Å². The van der Waals surface area contributed by atoms with Crippen LogP contribution in [0.3, 0.4) is 0 Å². The first-order valence-corrected chi connectivity index (χ1v) is 3.43. The Kier molecular flexibility index (Phi) is 3.89. The van der Waals surface area contributed by atoms with E-state index in [-0.39, 0.29) is 25.9 Å². The quantitative estimate of drug-likeness (QED) is 0.401. The van der Waals surface area contributed by atoms with Gasteiger partial charge in [0.25, 0.3) is 0 Å². The normalized spacial score (nSPS) is 24.7. The molecule has 1 aliphatic carbocycles. The van der Waals surface area contributed by atoms with Crippen LogP contribution in [0.1, 0.15) is 40.5 Å². The molecule has 1 N–H and O–H groups in total. The number of hydrogen-bond donors (Lipinski definition) is 1. The fourth-order valence-corrected chi connectivity index (χ4v) is 1.31. The van der Waals surface area contributed by atoms with Gasteiger partial charge in [-0.15, -0.1) is 0 Å². The van der Waals surface area contributed by atoms with Crippen molar-refractivity contribution < 1.29 is 25.4 Å². The van der Waals surface area contributed by atoms with Gasteiger partial charge in [0.15, 0.2) is 0 Å². The fraction of sp³-hybridized carbons (Fsp3) is 1.00. The molecule has 1 aliphatic rings. The van der Waals surface area contributed by atoms with Crippen LogP contribution < -0.4 is 18.9 Å². The molecule has 1 rings (SSSR count). The van der Waals surface area contributed by atoms with Crippen molar-refractivity contribution in [2.75, 3.05) is 0 Å². The van der Waals surface area contributed by atoms with Crippen LogP contribution in [0, 0.1) is 0 Å². The van der Waals surface area contributed by atoms with Crippen LogP contribution in [0.15, 0.2) is 0 Å². The summed E-state index contributed by atoms with van der Waals surface area (Å²) in [6, 6.07) is 0. The first-order valence-electron chi connectivity index (χ1n) is 3.43. The largest absolute Gasteiger partial charge is 1.00 e. The Morgan fingerprint density at radius 2 is 1.67 bits per heavy atom. The molecule has 0 bridgehead atoms. The molecule has 2 heteroatoms. The van der Waals surface area contributed by atoms with E-state index in [1.54, 1.807) is 0 Å². The van der Waals surface area contributed by atoms with Crippen LogP contribution in [-0.2, 0) is 0 Å². The maximum atomic E-state index is 9.37. The summed E-state index contributed by atoms with van der Waals surface area (Å²) in [6.07, 6.45) is 5.76. The average molecular weight is 122 g/mol. The molecule has 1 nitrogen and oxygen atoms in total. The average Bonchev–Trinajstić information content (AvgIpc) is 1.65. The third-order valence-electron chi connectivity index (χ3n) is 1.93. The molecule has 0 heterocycles. The summed E-state index contributed by atoms with van der Waals surface area (Å²) in [7, 11) is 0. The van der Waals surface area contributed by atoms with E-state index in [0.29, 0.717) is 0 Å². The van der Waals surface area contributed by atoms with Crippen molar-refractivity contribution in [3.63, 3.8) is 0 Å². The molecular formula is C7H15LiO. The Balaban J connectivity index is 0. The Morgan fingerprint density at radius 1 is 1.22 bits per heavy atom. The zero-order chi connectivity index (χ0) is 6.04. The molecule has 0 spiro atoms. The number of hydrogen-bond acceptors (Lipinski definition) is 1. The van der Waals surface area contributed by atoms with Crippen molar-refractivity contribution in [2.24, 2.45) is 0 Å². The molecule has 0 aromatic rings. The van der Waals surface area contributed by atoms with Crippen LogP contribution >= 0.6 is 0 Å². The summed E-state index contributed by atoms with van der Waals surface area (Å²) in [6.45, 7) is 1.94. The first-order chi connectivity index (χ1) is 3.71. The van der Waals surface area contributed by atoms with E-state index >= 15 is 0 Å². The Morgan fingerprint density at radius 3 is 1.89 bits per heavy atom. The van der Waals surface area contributed by atoms with E-state index in [0.717, 1.165) is 12.8 Å². The molecule has 0 atom stereocenters. The zero-order valence-corrected chi connectivity index (χ0v) is 6.48. The maximum Gasteiger partial charge on any atom is 1.00 e. The van der Waals surface area contributed by atoms with Crippen LogP contribution in [0.2, 0.25) is 0 Å². The van der Waals surface area contributed by atoms with Gasteiger partial charge in [-0.3, -0.25) is 0 Å². The second-order valence-electron chi connectivity index (χ2n) is 3.06. The Hall–Kier alpha value is 0.557. The molecule has 0 saturated heterocycles. The van der Waals surface area contributed by atoms with Crippen molar-refractivity contribution in [3.05, 3.63) is 0 Å². The smallest absolute Gasteiger partial charge is 1.00 e. The van der Waals surface area contributed by atoms with Crippen molar-refractivity contribution in [1.29, 1.82) is 0 Å². The van der Waals surface area contributed by atoms with Crippen LogP contribution in [0.4, 0.5) is 0 Å². The van der Waals surface area contributed by atoms with Gasteiger partial charge in [0.1, 0.15) is 0 Å². The van der Waals surface area contributed by atoms with Gasteiger partial charge in [-0.05, 0) is 19.8 Å². The fourth-order valence-electron chi connectivity index (χ4n) is 1.31. The first kappa shape index (κ1) is 9.56. The minimum Gasteiger partial charge on any atom is -1.00 e. The number of rotatable bonds is 0. The summed E-state index contributed by atoms with van der Waals surface area (Å²) in [5.41, 5.74) is -0.321. The van der Waals surface area contributed by atoms with Gasteiger partial charge < -0.3 is 6.53 Å². The third kappa shape index (κ3) is 3.30. The van der Waals surface area contributed by atoms with E-state index in [2.05, 4.69) is 0 Å². The predicted octanol–water partition coefficient (Wildman–Crippen LogP) is -1.18. The molecule has 50 valence electrons. The summed E-state index contributed by atoms with van der Waals surface area (Å²) in [5, 5.41) is 9.37. The Bertz CT molecular complexity index is 77.7. The van der Waals surface area contributed by atoms with Gasteiger partial charge in [-0.25, -0.2) is 0 Å². The topological polar surface area (TPSA) is 20.2 Å². The minimum atomic E-state index is -0.321. The molecule has 0 unspecified atom stereocenters. The zero-order valence-electron chi connectivity index (χ0n) is 7.48. The number of aliphatic hydroxyl groups is 1. The van der Waals surface area contributed by atoms with E-state index in [1.807, 2.05) is 6.92 Å². The van der Waals surface area contributed by atoms with Gasteiger partial charge in [0.2, 0.25) is 0 Å². The summed E-state index contributed by atoms with van der Waals surface area (Å²) >= 11 is 0. The van der Waals surface area contributed by atoms with Gasteiger partial charge in [-0.2, -0.15) is 0 Å². The molecule has 9 heavy (non-hydrogen) atoms. The second kappa shape index (κ2) is 3.66. The van der Waals surface area contributed by atoms with E-state index in [1.165, 1.54) is 19.3 Å². The maximum absolute atomic E-state index is 9.37. The molecule has 1 fully saturated rings. The predicted molar refractivity (Wildman–Crippen MR) is 34.8 cm³/mol. The summed E-state index contributed by atoms with van der Waals surface area (Å²) in [5.74, 6) is 0. The molecule has 1 saturated carbocycles. The summed E-state index contributed by atoms with van der Waals surface area (Å²) < 4.78 is 0. The standard InChI is InChI=1S/C7H14O.Li.H/c1-7(8)5-3-2-4-6-7;;/h8H,2-6H2,1H3;;/q;+1;-1. The van der Waals surface area contributed by atoms with Crippen molar-refractivity contribution in [2.45, 2.75) is 44.6 Å². The molecule has 0 aromatic carbocycles. The van der Waals surface area contributed by atoms with E-state index in [9.17, 15) is 5.11 Å². The van der Waals surface area contributed by atoms with Crippen molar-refractivity contribution in [1.82, 2.24) is 0 Å². The third-order valence-corrected chi connectivity index (χ3v) is 1.93. The van der Waals surface area contributed by atoms with Crippen LogP contribution in [0.5, 0.6) is 0 Å². The van der Waals surface area contributed by atoms with Gasteiger partial charge in [0, 0.05) is 0 Å². The monoisotopic (exact) mass is 122 g/mol. The van der Waals surface area contributed by atoms with Crippen LogP contribution in [-0.4, -0.2) is 10.7 Å². The van der Waals surface area contributed by atoms with E-state index in [4.69, 9.17) is 0 Å². The van der Waals surface area contributed by atoms with Crippen molar-refractivity contribution in [3.8, 4) is 0 Å². The molecular weight excluding hydrogens is 107 g/mol. The Labute approximate surface area is 70.5 Å². The summed E-state index contributed by atoms with van der Waals surface area (Å²) in [4.78, 5) is 0.